The van der Waals surface area contributed by atoms with Crippen molar-refractivity contribution in [2.75, 3.05) is 47.5 Å². The van der Waals surface area contributed by atoms with Gasteiger partial charge in [-0.05, 0) is 64.2 Å². The van der Waals surface area contributed by atoms with Crippen LogP contribution < -0.4 is 4.89 Å². The van der Waals surface area contributed by atoms with Crippen LogP contribution in [0.15, 0.2) is 72.9 Å². The third-order valence-electron chi connectivity index (χ3n) is 14.2. The highest BCUT2D eigenvalue weighted by Crippen LogP contribution is 2.38. The third kappa shape index (κ3) is 62.6. The number of likely N-dealkylation sites (N-methyl/N-ethyl adjacent to an activating group) is 1. The van der Waals surface area contributed by atoms with Gasteiger partial charge < -0.3 is 27.9 Å². The van der Waals surface area contributed by atoms with Crippen LogP contribution in [0.3, 0.4) is 0 Å². The van der Waals surface area contributed by atoms with Crippen LogP contribution in [0.4, 0.5) is 0 Å². The summed E-state index contributed by atoms with van der Waals surface area (Å²) in [6, 6.07) is 0. The zero-order chi connectivity index (χ0) is 57.0. The molecule has 0 aromatic rings. The molecular weight excluding hydrogens is 990 g/mol. The van der Waals surface area contributed by atoms with Gasteiger partial charge in [-0.15, -0.1) is 0 Å². The number of phosphoric ester groups is 1. The number of unbranched alkanes of at least 4 members (excludes halogenated alkanes) is 34. The van der Waals surface area contributed by atoms with E-state index in [-0.39, 0.29) is 32.0 Å². The molecule has 0 aliphatic carbocycles. The highest BCUT2D eigenvalue weighted by atomic mass is 31.2. The van der Waals surface area contributed by atoms with E-state index in [1.165, 1.54) is 186 Å². The Morgan fingerprint density at radius 1 is 0.410 bits per heavy atom. The topological polar surface area (TPSA) is 111 Å². The molecule has 0 fully saturated rings. The minimum absolute atomic E-state index is 0.0308. The number of carbonyl (C=O) groups excluding carboxylic acids is 2. The van der Waals surface area contributed by atoms with E-state index >= 15 is 0 Å². The molecule has 9 nitrogen and oxygen atoms in total. The second-order valence-corrected chi connectivity index (χ2v) is 24.5. The van der Waals surface area contributed by atoms with Crippen molar-refractivity contribution in [1.29, 1.82) is 0 Å². The molecule has 78 heavy (non-hydrogen) atoms. The van der Waals surface area contributed by atoms with Crippen LogP contribution in [-0.4, -0.2) is 70.0 Å². The Labute approximate surface area is 482 Å². The molecule has 0 heterocycles. The van der Waals surface area contributed by atoms with E-state index < -0.39 is 26.5 Å². The van der Waals surface area contributed by atoms with Crippen molar-refractivity contribution in [3.63, 3.8) is 0 Å². The van der Waals surface area contributed by atoms with Crippen LogP contribution in [0.25, 0.3) is 0 Å². The number of nitrogens with zero attached hydrogens (tertiary/aromatic N) is 1. The molecule has 0 N–H and O–H groups in total. The van der Waals surface area contributed by atoms with Gasteiger partial charge in [0, 0.05) is 12.8 Å². The Morgan fingerprint density at radius 2 is 0.731 bits per heavy atom. The minimum atomic E-state index is -4.64. The van der Waals surface area contributed by atoms with Crippen molar-refractivity contribution >= 4 is 19.8 Å². The van der Waals surface area contributed by atoms with E-state index in [1.807, 2.05) is 21.1 Å². The largest absolute Gasteiger partial charge is 0.756 e. The summed E-state index contributed by atoms with van der Waals surface area (Å²) in [4.78, 5) is 38.0. The zero-order valence-corrected chi connectivity index (χ0v) is 52.5. The Bertz CT molecular complexity index is 1550. The number of allylic oxidation sites excluding steroid dienone is 12. The quantitative estimate of drug-likeness (QED) is 0.0195. The van der Waals surface area contributed by atoms with E-state index in [2.05, 4.69) is 86.8 Å². The van der Waals surface area contributed by atoms with Gasteiger partial charge in [0.1, 0.15) is 19.8 Å². The molecule has 0 saturated heterocycles. The summed E-state index contributed by atoms with van der Waals surface area (Å²) in [6.45, 7) is 4.17. The van der Waals surface area contributed by atoms with Gasteiger partial charge in [0.05, 0.1) is 27.7 Å². The molecule has 454 valence electrons. The lowest BCUT2D eigenvalue weighted by Gasteiger charge is -2.28. The van der Waals surface area contributed by atoms with Crippen LogP contribution in [0.5, 0.6) is 0 Å². The molecule has 0 rings (SSSR count). The highest BCUT2D eigenvalue weighted by Gasteiger charge is 2.22. The lowest BCUT2D eigenvalue weighted by molar-refractivity contribution is -0.870. The summed E-state index contributed by atoms with van der Waals surface area (Å²) in [6.07, 6.45) is 78.2. The van der Waals surface area contributed by atoms with Crippen molar-refractivity contribution < 1.29 is 42.1 Å². The smallest absolute Gasteiger partial charge is 0.306 e. The molecular formula is C68H124NO8P. The van der Waals surface area contributed by atoms with Crippen LogP contribution in [0.2, 0.25) is 0 Å². The first-order chi connectivity index (χ1) is 38.0. The van der Waals surface area contributed by atoms with Gasteiger partial charge in [-0.3, -0.25) is 14.2 Å². The van der Waals surface area contributed by atoms with Crippen LogP contribution in [0, 0.1) is 0 Å². The molecule has 2 unspecified atom stereocenters. The van der Waals surface area contributed by atoms with Crippen LogP contribution >= 0.6 is 7.82 Å². The zero-order valence-electron chi connectivity index (χ0n) is 51.6. The highest BCUT2D eigenvalue weighted by molar-refractivity contribution is 7.45. The van der Waals surface area contributed by atoms with E-state index in [4.69, 9.17) is 18.5 Å². The lowest BCUT2D eigenvalue weighted by atomic mass is 10.0. The fraction of sp³-hybridized carbons (Fsp3) is 0.794. The van der Waals surface area contributed by atoms with Gasteiger partial charge >= 0.3 is 11.9 Å². The molecule has 10 heteroatoms. The first-order valence-corrected chi connectivity index (χ1v) is 34.1. The van der Waals surface area contributed by atoms with Crippen molar-refractivity contribution in [2.24, 2.45) is 0 Å². The van der Waals surface area contributed by atoms with Crippen molar-refractivity contribution in [3.05, 3.63) is 72.9 Å². The van der Waals surface area contributed by atoms with E-state index in [9.17, 15) is 19.0 Å². The molecule has 0 saturated carbocycles. The maximum atomic E-state index is 12.8. The second-order valence-electron chi connectivity index (χ2n) is 23.1. The Balaban J connectivity index is 4.06. The van der Waals surface area contributed by atoms with Gasteiger partial charge in [-0.2, -0.15) is 0 Å². The van der Waals surface area contributed by atoms with Gasteiger partial charge in [0.2, 0.25) is 0 Å². The molecule has 0 spiro atoms. The van der Waals surface area contributed by atoms with Crippen molar-refractivity contribution in [1.82, 2.24) is 0 Å². The average Bonchev–Trinajstić information content (AvgIpc) is 3.41. The van der Waals surface area contributed by atoms with E-state index in [0.717, 1.165) is 77.0 Å². The monoisotopic (exact) mass is 1110 g/mol. The number of ether oxygens (including phenoxy) is 2. The Morgan fingerprint density at radius 3 is 1.09 bits per heavy atom. The predicted molar refractivity (Wildman–Crippen MR) is 333 cm³/mol. The summed E-state index contributed by atoms with van der Waals surface area (Å²) in [5.74, 6) is -0.821. The lowest BCUT2D eigenvalue weighted by Crippen LogP contribution is -2.37. The first kappa shape index (κ1) is 75.5. The Kier molecular flexibility index (Phi) is 57.2. The van der Waals surface area contributed by atoms with Crippen LogP contribution in [-0.2, 0) is 32.7 Å². The van der Waals surface area contributed by atoms with Gasteiger partial charge in [-0.1, -0.05) is 292 Å². The number of phosphoric acid groups is 1. The van der Waals surface area contributed by atoms with Gasteiger partial charge in [0.25, 0.3) is 7.82 Å². The normalized spacial score (nSPS) is 13.7. The van der Waals surface area contributed by atoms with Crippen molar-refractivity contribution in [2.45, 2.75) is 302 Å². The molecule has 0 radical (unpaired) electrons. The third-order valence-corrected chi connectivity index (χ3v) is 15.2. The number of hydrogen-bond acceptors (Lipinski definition) is 8. The summed E-state index contributed by atoms with van der Waals surface area (Å²) < 4.78 is 34.3. The Hall–Kier alpha value is -2.55. The SMILES string of the molecule is CC/C=C\C/C=C\C/C=C\C/C=C\C/C=C\C/C=C\CCCCCCCCCCCCCCCCC(=O)OC(COC(=O)CCCCCCCCCCCCCCCCCCCCCCC)COP(=O)([O-])OCC[N+](C)(C)C. The standard InChI is InChI=1S/C68H124NO8P/c1-6-8-10-12-14-16-18-20-22-24-26-28-29-30-31-32-33-34-35-36-37-38-39-41-43-45-47-49-51-53-55-57-59-61-68(71)77-66(65-76-78(72,73)75-63-62-69(3,4)5)64-74-67(70)60-58-56-54-52-50-48-46-44-42-40-27-25-23-21-19-17-15-13-11-9-7-2/h8,10,14,16,20,22,26,28,30-31,33-34,66H,6-7,9,11-13,15,17-19,21,23-25,27,29,32,35-65H2,1-5H3/b10-8-,16-14-,22-20-,28-26-,31-30-,34-33-. The second kappa shape index (κ2) is 59.1. The van der Waals surface area contributed by atoms with E-state index in [1.54, 1.807) is 0 Å². The average molecular weight is 1110 g/mol. The maximum Gasteiger partial charge on any atom is 0.306 e. The summed E-state index contributed by atoms with van der Waals surface area (Å²) >= 11 is 0. The fourth-order valence-electron chi connectivity index (χ4n) is 9.25. The number of quaternary nitrogens is 1. The van der Waals surface area contributed by atoms with Gasteiger partial charge in [-0.25, -0.2) is 0 Å². The fourth-order valence-corrected chi connectivity index (χ4v) is 9.98. The first-order valence-electron chi connectivity index (χ1n) is 32.6. The number of carbonyl (C=O) groups is 2. The predicted octanol–water partition coefficient (Wildman–Crippen LogP) is 20.2. The molecule has 0 aromatic heterocycles. The molecule has 0 bridgehead atoms. The molecule has 0 aliphatic heterocycles. The maximum absolute atomic E-state index is 12.8. The number of hydrogen-bond donors (Lipinski definition) is 0. The molecule has 0 aliphatic rings. The molecule has 2 atom stereocenters. The number of rotatable bonds is 60. The molecule has 0 amide bonds. The minimum Gasteiger partial charge on any atom is -0.756 e. The van der Waals surface area contributed by atoms with Crippen molar-refractivity contribution in [3.8, 4) is 0 Å². The number of esters is 2. The van der Waals surface area contributed by atoms with E-state index in [0.29, 0.717) is 17.4 Å². The van der Waals surface area contributed by atoms with Crippen LogP contribution in [0.1, 0.15) is 296 Å². The summed E-state index contributed by atoms with van der Waals surface area (Å²) in [7, 11) is 1.17. The van der Waals surface area contributed by atoms with Gasteiger partial charge in [0.15, 0.2) is 6.10 Å². The summed E-state index contributed by atoms with van der Waals surface area (Å²) in [5.41, 5.74) is 0. The summed E-state index contributed by atoms with van der Waals surface area (Å²) in [5, 5.41) is 0. The molecule has 0 aromatic carbocycles.